The quantitative estimate of drug-likeness (QED) is 0.530. The van der Waals surface area contributed by atoms with E-state index in [1.165, 1.54) is 0 Å². The molecule has 0 aliphatic heterocycles. The molecule has 0 atom stereocenters. The minimum Gasteiger partial charge on any atom is -0.464 e. The largest absolute Gasteiger partial charge is 0.464 e. The van der Waals surface area contributed by atoms with Gasteiger partial charge in [0.2, 0.25) is 11.8 Å². The number of furan rings is 1. The summed E-state index contributed by atoms with van der Waals surface area (Å²) in [5.41, 5.74) is 4.32. The first-order valence-corrected chi connectivity index (χ1v) is 9.53. The molecule has 1 heterocycles. The lowest BCUT2D eigenvalue weighted by Gasteiger charge is -2.12. The highest BCUT2D eigenvalue weighted by molar-refractivity contribution is 6.08. The van der Waals surface area contributed by atoms with Gasteiger partial charge in [-0.2, -0.15) is 0 Å². The first-order valence-electron chi connectivity index (χ1n) is 9.53. The van der Waals surface area contributed by atoms with Gasteiger partial charge >= 0.3 is 0 Å². The summed E-state index contributed by atoms with van der Waals surface area (Å²) in [4.78, 5) is 24.7. The fourth-order valence-corrected chi connectivity index (χ4v) is 3.61. The van der Waals surface area contributed by atoms with E-state index in [1.54, 1.807) is 6.26 Å². The van der Waals surface area contributed by atoms with Gasteiger partial charge in [0.1, 0.15) is 5.58 Å². The van der Waals surface area contributed by atoms with Gasteiger partial charge in [0.25, 0.3) is 0 Å². The van der Waals surface area contributed by atoms with Crippen LogP contribution in [0, 0.1) is 13.8 Å². The van der Waals surface area contributed by atoms with Crippen LogP contribution < -0.4 is 10.6 Å². The lowest BCUT2D eigenvalue weighted by molar-refractivity contribution is -0.123. The van der Waals surface area contributed by atoms with Crippen molar-refractivity contribution in [2.45, 2.75) is 20.3 Å². The van der Waals surface area contributed by atoms with Crippen molar-refractivity contribution < 1.29 is 14.0 Å². The molecule has 0 aliphatic rings. The molecule has 3 aromatic carbocycles. The molecule has 0 radical (unpaired) electrons. The van der Waals surface area contributed by atoms with Gasteiger partial charge in [0.15, 0.2) is 0 Å². The van der Waals surface area contributed by atoms with Crippen molar-refractivity contribution >= 4 is 39.2 Å². The number of rotatable bonds is 5. The second-order valence-electron chi connectivity index (χ2n) is 7.19. The molecule has 0 aliphatic carbocycles. The Bertz CT molecular complexity index is 1200. The Balaban J connectivity index is 1.44. The molecule has 0 fully saturated rings. The average Bonchev–Trinajstić information content (AvgIpc) is 3.12. The highest BCUT2D eigenvalue weighted by atomic mass is 16.3. The van der Waals surface area contributed by atoms with E-state index >= 15 is 0 Å². The Morgan fingerprint density at radius 3 is 2.45 bits per heavy atom. The predicted octanol–water partition coefficient (Wildman–Crippen LogP) is 4.50. The summed E-state index contributed by atoms with van der Waals surface area (Å²) in [5, 5.41) is 8.66. The number of benzene rings is 3. The smallest absolute Gasteiger partial charge is 0.243 e. The predicted molar refractivity (Wildman–Crippen MR) is 115 cm³/mol. The zero-order valence-electron chi connectivity index (χ0n) is 16.4. The third kappa shape index (κ3) is 3.85. The number of amides is 2. The minimum atomic E-state index is -0.252. The van der Waals surface area contributed by atoms with Crippen LogP contribution in [0.15, 0.2) is 65.3 Å². The van der Waals surface area contributed by atoms with Crippen LogP contribution in [0.4, 0.5) is 5.69 Å². The van der Waals surface area contributed by atoms with Crippen LogP contribution in [0.3, 0.4) is 0 Å². The van der Waals surface area contributed by atoms with Crippen molar-refractivity contribution in [2.75, 3.05) is 11.9 Å². The molecule has 2 N–H and O–H groups in total. The molecule has 29 heavy (non-hydrogen) atoms. The zero-order valence-corrected chi connectivity index (χ0v) is 16.4. The zero-order chi connectivity index (χ0) is 20.4. The van der Waals surface area contributed by atoms with E-state index in [-0.39, 0.29) is 24.8 Å². The molecule has 1 aromatic heterocycles. The molecule has 146 valence electrons. The maximum Gasteiger partial charge on any atom is 0.243 e. The molecule has 0 spiro atoms. The fourth-order valence-electron chi connectivity index (χ4n) is 3.61. The van der Waals surface area contributed by atoms with Crippen LogP contribution in [0.25, 0.3) is 21.7 Å². The van der Waals surface area contributed by atoms with Crippen molar-refractivity contribution in [3.63, 3.8) is 0 Å². The lowest BCUT2D eigenvalue weighted by Crippen LogP contribution is -2.34. The molecule has 0 saturated carbocycles. The fraction of sp³-hybridized carbons (Fsp3) is 0.167. The van der Waals surface area contributed by atoms with E-state index in [0.29, 0.717) is 0 Å². The van der Waals surface area contributed by atoms with Gasteiger partial charge < -0.3 is 15.1 Å². The molecule has 4 rings (SSSR count). The molecular formula is C24H22N2O3. The molecule has 2 amide bonds. The summed E-state index contributed by atoms with van der Waals surface area (Å²) in [7, 11) is 0. The van der Waals surface area contributed by atoms with Crippen LogP contribution in [0.1, 0.15) is 16.7 Å². The molecule has 5 heteroatoms. The van der Waals surface area contributed by atoms with Gasteiger partial charge in [-0.15, -0.1) is 0 Å². The number of hydrogen-bond donors (Lipinski definition) is 2. The maximum absolute atomic E-state index is 12.4. The van der Waals surface area contributed by atoms with Crippen molar-refractivity contribution in [3.05, 3.63) is 77.6 Å². The van der Waals surface area contributed by atoms with Crippen molar-refractivity contribution in [1.82, 2.24) is 5.32 Å². The molecular weight excluding hydrogens is 364 g/mol. The number of anilines is 1. The van der Waals surface area contributed by atoms with Gasteiger partial charge in [-0.1, -0.05) is 48.5 Å². The Labute approximate surface area is 168 Å². The third-order valence-corrected chi connectivity index (χ3v) is 5.08. The van der Waals surface area contributed by atoms with Crippen LogP contribution in [0.5, 0.6) is 0 Å². The number of carbonyl (C=O) groups excluding carboxylic acids is 2. The number of carbonyl (C=O) groups is 2. The number of aryl methyl sites for hydroxylation is 2. The lowest BCUT2D eigenvalue weighted by atomic mass is 10.0. The van der Waals surface area contributed by atoms with E-state index < -0.39 is 0 Å². The van der Waals surface area contributed by atoms with Gasteiger partial charge in [-0.05, 0) is 41.8 Å². The third-order valence-electron chi connectivity index (χ3n) is 5.08. The van der Waals surface area contributed by atoms with Gasteiger partial charge in [0.05, 0.1) is 19.2 Å². The van der Waals surface area contributed by atoms with E-state index in [1.807, 2.05) is 68.4 Å². The second-order valence-corrected chi connectivity index (χ2v) is 7.19. The van der Waals surface area contributed by atoms with E-state index in [0.717, 1.165) is 44.1 Å². The van der Waals surface area contributed by atoms with Gasteiger partial charge in [0, 0.05) is 16.6 Å². The van der Waals surface area contributed by atoms with Crippen molar-refractivity contribution in [2.24, 2.45) is 0 Å². The first-order chi connectivity index (χ1) is 14.0. The Morgan fingerprint density at radius 1 is 0.897 bits per heavy atom. The molecule has 4 aromatic rings. The van der Waals surface area contributed by atoms with Crippen LogP contribution >= 0.6 is 0 Å². The van der Waals surface area contributed by atoms with Crippen LogP contribution in [0.2, 0.25) is 0 Å². The van der Waals surface area contributed by atoms with Crippen molar-refractivity contribution in [3.8, 4) is 0 Å². The summed E-state index contributed by atoms with van der Waals surface area (Å²) in [6.07, 6.45) is 1.77. The summed E-state index contributed by atoms with van der Waals surface area (Å²) >= 11 is 0. The average molecular weight is 386 g/mol. The topological polar surface area (TPSA) is 71.3 Å². The van der Waals surface area contributed by atoms with Gasteiger partial charge in [-0.3, -0.25) is 9.59 Å². The Hall–Kier alpha value is -3.60. The highest BCUT2D eigenvalue weighted by Gasteiger charge is 2.14. The number of fused-ring (bicyclic) bond motifs is 3. The molecule has 0 unspecified atom stereocenters. The summed E-state index contributed by atoms with van der Waals surface area (Å²) in [6, 6.07) is 17.7. The molecule has 0 saturated heterocycles. The van der Waals surface area contributed by atoms with Gasteiger partial charge in [-0.25, -0.2) is 0 Å². The SMILES string of the molecule is Cc1cccc(C)c1NC(=O)CNC(=O)Cc1coc2ccc3ccccc3c12. The normalized spacial score (nSPS) is 11.0. The van der Waals surface area contributed by atoms with Crippen molar-refractivity contribution in [1.29, 1.82) is 0 Å². The monoisotopic (exact) mass is 386 g/mol. The number of nitrogens with one attached hydrogen (secondary N) is 2. The van der Waals surface area contributed by atoms with E-state index in [9.17, 15) is 9.59 Å². The highest BCUT2D eigenvalue weighted by Crippen LogP contribution is 2.30. The first kappa shape index (κ1) is 18.7. The molecule has 0 bridgehead atoms. The molecule has 5 nitrogen and oxygen atoms in total. The Morgan fingerprint density at radius 2 is 1.66 bits per heavy atom. The van der Waals surface area contributed by atoms with E-state index in [4.69, 9.17) is 4.42 Å². The summed E-state index contributed by atoms with van der Waals surface area (Å²) < 4.78 is 5.63. The van der Waals surface area contributed by atoms with Crippen LogP contribution in [-0.2, 0) is 16.0 Å². The Kier molecular flexibility index (Phi) is 5.04. The second kappa shape index (κ2) is 7.80. The number of hydrogen-bond acceptors (Lipinski definition) is 3. The van der Waals surface area contributed by atoms with Crippen LogP contribution in [-0.4, -0.2) is 18.4 Å². The van der Waals surface area contributed by atoms with E-state index in [2.05, 4.69) is 10.6 Å². The number of para-hydroxylation sites is 1. The summed E-state index contributed by atoms with van der Waals surface area (Å²) in [6.45, 7) is 3.80. The minimum absolute atomic E-state index is 0.0802. The standard InChI is InChI=1S/C24H22N2O3/c1-15-6-5-7-16(2)24(15)26-22(28)13-25-21(27)12-18-14-29-20-11-10-17-8-3-4-9-19(17)23(18)20/h3-11,14H,12-13H2,1-2H3,(H,25,27)(H,26,28). The maximum atomic E-state index is 12.4. The summed E-state index contributed by atoms with van der Waals surface area (Å²) in [5.74, 6) is -0.476.